The van der Waals surface area contributed by atoms with E-state index < -0.39 is 10.5 Å². The Balaban J connectivity index is 2.86. The van der Waals surface area contributed by atoms with Crippen LogP contribution >= 0.6 is 0 Å². The summed E-state index contributed by atoms with van der Waals surface area (Å²) < 4.78 is 5.47. The number of nitro benzene ring substituents is 1. The van der Waals surface area contributed by atoms with E-state index in [0.717, 1.165) is 0 Å². The molecule has 0 bridgehead atoms. The van der Waals surface area contributed by atoms with Crippen molar-refractivity contribution in [2.24, 2.45) is 5.73 Å². The molecular weight excluding hydrogens is 236 g/mol. The molecule has 6 nitrogen and oxygen atoms in total. The first-order valence-electron chi connectivity index (χ1n) is 5.72. The van der Waals surface area contributed by atoms with Crippen LogP contribution in [0.15, 0.2) is 18.2 Å². The molecule has 0 radical (unpaired) electrons. The summed E-state index contributed by atoms with van der Waals surface area (Å²) in [5.41, 5.74) is 5.13. The minimum absolute atomic E-state index is 0.0231. The molecule has 1 aromatic carbocycles. The highest BCUT2D eigenvalue weighted by Crippen LogP contribution is 2.25. The van der Waals surface area contributed by atoms with Gasteiger partial charge in [0.15, 0.2) is 0 Å². The van der Waals surface area contributed by atoms with Crippen molar-refractivity contribution in [3.63, 3.8) is 0 Å². The van der Waals surface area contributed by atoms with Crippen LogP contribution < -0.4 is 10.5 Å². The predicted octanol–water partition coefficient (Wildman–Crippen LogP) is 1.59. The first-order chi connectivity index (χ1) is 8.39. The van der Waals surface area contributed by atoms with Gasteiger partial charge in [0, 0.05) is 24.2 Å². The molecule has 1 rings (SSSR count). The van der Waals surface area contributed by atoms with Crippen LogP contribution in [0.2, 0.25) is 0 Å². The Morgan fingerprint density at radius 3 is 2.72 bits per heavy atom. The summed E-state index contributed by atoms with van der Waals surface area (Å²) in [4.78, 5) is 10.1. The van der Waals surface area contributed by atoms with Crippen LogP contribution in [0.25, 0.3) is 0 Å². The summed E-state index contributed by atoms with van der Waals surface area (Å²) in [5.74, 6) is 0.469. The molecule has 0 aliphatic carbocycles. The number of rotatable bonds is 6. The fourth-order valence-electron chi connectivity index (χ4n) is 1.32. The Morgan fingerprint density at radius 2 is 2.22 bits per heavy atom. The maximum absolute atomic E-state index is 10.6. The number of nitrogens with two attached hydrogens (primary N) is 1. The number of benzene rings is 1. The summed E-state index contributed by atoms with van der Waals surface area (Å²) in [6, 6.07) is 4.25. The predicted molar refractivity (Wildman–Crippen MR) is 67.4 cm³/mol. The molecular formula is C12H18N2O4. The standard InChI is InChI=1S/C12H18N2O4/c1-3-12(2,15)8-18-11-5-4-10(14(16)17)6-9(11)7-13/h4-6,15H,3,7-8,13H2,1-2H3. The molecule has 1 atom stereocenters. The van der Waals surface area contributed by atoms with Gasteiger partial charge in [-0.2, -0.15) is 0 Å². The minimum Gasteiger partial charge on any atom is -0.490 e. The van der Waals surface area contributed by atoms with E-state index >= 15 is 0 Å². The third-order valence-corrected chi connectivity index (χ3v) is 2.78. The van der Waals surface area contributed by atoms with Gasteiger partial charge in [-0.3, -0.25) is 10.1 Å². The summed E-state index contributed by atoms with van der Waals surface area (Å²) in [6.07, 6.45) is 0.554. The average Bonchev–Trinajstić information content (AvgIpc) is 2.36. The van der Waals surface area contributed by atoms with E-state index in [2.05, 4.69) is 0 Å². The second kappa shape index (κ2) is 5.79. The normalized spacial score (nSPS) is 14.0. The van der Waals surface area contributed by atoms with Crippen molar-refractivity contribution in [3.8, 4) is 5.75 Å². The molecule has 0 aromatic heterocycles. The third kappa shape index (κ3) is 3.68. The van der Waals surface area contributed by atoms with Gasteiger partial charge in [0.25, 0.3) is 5.69 Å². The lowest BCUT2D eigenvalue weighted by molar-refractivity contribution is -0.384. The van der Waals surface area contributed by atoms with Gasteiger partial charge in [0.05, 0.1) is 10.5 Å². The molecule has 18 heavy (non-hydrogen) atoms. The monoisotopic (exact) mass is 254 g/mol. The molecule has 0 amide bonds. The molecule has 0 aliphatic rings. The van der Waals surface area contributed by atoms with Crippen LogP contribution in [0.3, 0.4) is 0 Å². The number of non-ortho nitro benzene ring substituents is 1. The Labute approximate surface area is 106 Å². The highest BCUT2D eigenvalue weighted by atomic mass is 16.6. The SMILES string of the molecule is CCC(C)(O)COc1ccc([N+](=O)[O-])cc1CN. The zero-order chi connectivity index (χ0) is 13.8. The number of ether oxygens (including phenoxy) is 1. The van der Waals surface area contributed by atoms with Crippen molar-refractivity contribution in [2.45, 2.75) is 32.4 Å². The van der Waals surface area contributed by atoms with Crippen molar-refractivity contribution in [1.82, 2.24) is 0 Å². The lowest BCUT2D eigenvalue weighted by atomic mass is 10.1. The van der Waals surface area contributed by atoms with Gasteiger partial charge in [0.1, 0.15) is 12.4 Å². The Kier molecular flexibility index (Phi) is 4.63. The highest BCUT2D eigenvalue weighted by Gasteiger charge is 2.19. The minimum atomic E-state index is -0.923. The van der Waals surface area contributed by atoms with Crippen molar-refractivity contribution in [2.75, 3.05) is 6.61 Å². The molecule has 0 saturated heterocycles. The Hall–Kier alpha value is -1.66. The van der Waals surface area contributed by atoms with E-state index in [1.165, 1.54) is 18.2 Å². The van der Waals surface area contributed by atoms with Crippen LogP contribution in [-0.4, -0.2) is 22.2 Å². The lowest BCUT2D eigenvalue weighted by Gasteiger charge is -2.22. The van der Waals surface area contributed by atoms with Gasteiger partial charge in [-0.15, -0.1) is 0 Å². The highest BCUT2D eigenvalue weighted by molar-refractivity contribution is 5.43. The maximum Gasteiger partial charge on any atom is 0.270 e. The molecule has 3 N–H and O–H groups in total. The number of nitro groups is 1. The van der Waals surface area contributed by atoms with Gasteiger partial charge >= 0.3 is 0 Å². The summed E-state index contributed by atoms with van der Waals surface area (Å²) in [7, 11) is 0. The van der Waals surface area contributed by atoms with Gasteiger partial charge in [0.2, 0.25) is 0 Å². The maximum atomic E-state index is 10.6. The smallest absolute Gasteiger partial charge is 0.270 e. The van der Waals surface area contributed by atoms with Crippen molar-refractivity contribution in [3.05, 3.63) is 33.9 Å². The number of aliphatic hydroxyl groups is 1. The molecule has 1 unspecified atom stereocenters. The van der Waals surface area contributed by atoms with Gasteiger partial charge in [-0.25, -0.2) is 0 Å². The summed E-state index contributed by atoms with van der Waals surface area (Å²) >= 11 is 0. The van der Waals surface area contributed by atoms with Crippen molar-refractivity contribution < 1.29 is 14.8 Å². The molecule has 1 aromatic rings. The third-order valence-electron chi connectivity index (χ3n) is 2.78. The van der Waals surface area contributed by atoms with Gasteiger partial charge < -0.3 is 15.6 Å². The fourth-order valence-corrected chi connectivity index (χ4v) is 1.32. The van der Waals surface area contributed by atoms with E-state index in [-0.39, 0.29) is 18.8 Å². The summed E-state index contributed by atoms with van der Waals surface area (Å²) in [6.45, 7) is 3.78. The van der Waals surface area contributed by atoms with Gasteiger partial charge in [-0.05, 0) is 19.4 Å². The van der Waals surface area contributed by atoms with Crippen LogP contribution in [-0.2, 0) is 6.54 Å². The van der Waals surface area contributed by atoms with E-state index in [1.54, 1.807) is 6.92 Å². The van der Waals surface area contributed by atoms with Crippen LogP contribution in [0.4, 0.5) is 5.69 Å². The van der Waals surface area contributed by atoms with Crippen LogP contribution in [0.1, 0.15) is 25.8 Å². The van der Waals surface area contributed by atoms with Crippen molar-refractivity contribution in [1.29, 1.82) is 0 Å². The Morgan fingerprint density at radius 1 is 1.56 bits per heavy atom. The zero-order valence-corrected chi connectivity index (χ0v) is 10.5. The topological polar surface area (TPSA) is 98.6 Å². The van der Waals surface area contributed by atoms with Crippen LogP contribution in [0.5, 0.6) is 5.75 Å². The van der Waals surface area contributed by atoms with E-state index in [9.17, 15) is 15.2 Å². The van der Waals surface area contributed by atoms with E-state index in [0.29, 0.717) is 17.7 Å². The zero-order valence-electron chi connectivity index (χ0n) is 10.5. The number of hydrogen-bond donors (Lipinski definition) is 2. The molecule has 6 heteroatoms. The van der Waals surface area contributed by atoms with E-state index in [1.807, 2.05) is 6.92 Å². The number of hydrogen-bond acceptors (Lipinski definition) is 5. The number of nitrogens with zero attached hydrogens (tertiary/aromatic N) is 1. The van der Waals surface area contributed by atoms with E-state index in [4.69, 9.17) is 10.5 Å². The first kappa shape index (κ1) is 14.4. The Bertz CT molecular complexity index is 432. The second-order valence-electron chi connectivity index (χ2n) is 4.39. The lowest BCUT2D eigenvalue weighted by Crippen LogP contribution is -2.31. The van der Waals surface area contributed by atoms with Crippen molar-refractivity contribution >= 4 is 5.69 Å². The largest absolute Gasteiger partial charge is 0.490 e. The molecule has 0 saturated carbocycles. The molecule has 0 heterocycles. The molecule has 100 valence electrons. The second-order valence-corrected chi connectivity index (χ2v) is 4.39. The quantitative estimate of drug-likeness (QED) is 0.593. The molecule has 0 spiro atoms. The van der Waals surface area contributed by atoms with Crippen LogP contribution in [0, 0.1) is 10.1 Å². The average molecular weight is 254 g/mol. The molecule has 0 aliphatic heterocycles. The first-order valence-corrected chi connectivity index (χ1v) is 5.72. The summed E-state index contributed by atoms with van der Waals surface area (Å²) in [5, 5.41) is 20.5. The fraction of sp³-hybridized carbons (Fsp3) is 0.500. The molecule has 0 fully saturated rings. The van der Waals surface area contributed by atoms with Gasteiger partial charge in [-0.1, -0.05) is 6.92 Å².